The number of amides is 1. The molecule has 2 N–H and O–H groups in total. The maximum Gasteiger partial charge on any atom is 0.228 e. The SMILES string of the molecule is O=C(Nc1cn[nH]c1)[C@H]1C[C@@H]1c1ccc(Cl)cc1. The molecule has 1 aliphatic carbocycles. The minimum atomic E-state index is 0.0522. The second-order valence-electron chi connectivity index (χ2n) is 4.48. The van der Waals surface area contributed by atoms with Gasteiger partial charge in [-0.15, -0.1) is 0 Å². The van der Waals surface area contributed by atoms with E-state index in [9.17, 15) is 4.79 Å². The maximum absolute atomic E-state index is 11.9. The van der Waals surface area contributed by atoms with Crippen molar-refractivity contribution in [2.24, 2.45) is 5.92 Å². The van der Waals surface area contributed by atoms with E-state index >= 15 is 0 Å². The van der Waals surface area contributed by atoms with Crippen molar-refractivity contribution in [1.82, 2.24) is 10.2 Å². The van der Waals surface area contributed by atoms with Crippen LogP contribution < -0.4 is 5.32 Å². The third-order valence-corrected chi connectivity index (χ3v) is 3.44. The number of hydrogen-bond acceptors (Lipinski definition) is 2. The van der Waals surface area contributed by atoms with Gasteiger partial charge < -0.3 is 5.32 Å². The number of halogens is 1. The lowest BCUT2D eigenvalue weighted by molar-refractivity contribution is -0.117. The molecule has 1 aromatic heterocycles. The summed E-state index contributed by atoms with van der Waals surface area (Å²) < 4.78 is 0. The van der Waals surface area contributed by atoms with Crippen LogP contribution in [-0.2, 0) is 4.79 Å². The minimum Gasteiger partial charge on any atom is -0.323 e. The summed E-state index contributed by atoms with van der Waals surface area (Å²) in [7, 11) is 0. The van der Waals surface area contributed by atoms with E-state index in [1.807, 2.05) is 24.3 Å². The molecule has 92 valence electrons. The summed E-state index contributed by atoms with van der Waals surface area (Å²) in [6.07, 6.45) is 4.15. The summed E-state index contributed by atoms with van der Waals surface area (Å²) in [5.41, 5.74) is 1.88. The van der Waals surface area contributed by atoms with Crippen LogP contribution in [0.2, 0.25) is 5.02 Å². The highest BCUT2D eigenvalue weighted by molar-refractivity contribution is 6.30. The Kier molecular flexibility index (Phi) is 2.80. The lowest BCUT2D eigenvalue weighted by Gasteiger charge is -2.02. The van der Waals surface area contributed by atoms with Gasteiger partial charge in [0.1, 0.15) is 0 Å². The Morgan fingerprint density at radius 2 is 2.17 bits per heavy atom. The smallest absolute Gasteiger partial charge is 0.228 e. The van der Waals surface area contributed by atoms with Crippen molar-refractivity contribution in [1.29, 1.82) is 0 Å². The molecule has 4 nitrogen and oxygen atoms in total. The van der Waals surface area contributed by atoms with Crippen LogP contribution in [0.1, 0.15) is 17.9 Å². The zero-order chi connectivity index (χ0) is 12.5. The van der Waals surface area contributed by atoms with Crippen LogP contribution in [0.25, 0.3) is 0 Å². The first kappa shape index (κ1) is 11.3. The third-order valence-electron chi connectivity index (χ3n) is 3.19. The highest BCUT2D eigenvalue weighted by Gasteiger charge is 2.43. The molecule has 1 aromatic carbocycles. The number of nitrogens with one attached hydrogen (secondary N) is 2. The molecular formula is C13H12ClN3O. The first-order valence-corrected chi connectivity index (χ1v) is 6.17. The molecule has 2 atom stereocenters. The predicted octanol–water partition coefficient (Wildman–Crippen LogP) is 2.81. The topological polar surface area (TPSA) is 57.8 Å². The fourth-order valence-corrected chi connectivity index (χ4v) is 2.24. The molecular weight excluding hydrogens is 250 g/mol. The van der Waals surface area contributed by atoms with E-state index < -0.39 is 0 Å². The zero-order valence-corrected chi connectivity index (χ0v) is 10.3. The lowest BCUT2D eigenvalue weighted by atomic mass is 10.1. The van der Waals surface area contributed by atoms with E-state index in [1.54, 1.807) is 12.4 Å². The van der Waals surface area contributed by atoms with Crippen molar-refractivity contribution in [3.8, 4) is 0 Å². The third kappa shape index (κ3) is 2.24. The normalized spacial score (nSPS) is 21.6. The first-order chi connectivity index (χ1) is 8.74. The molecule has 0 bridgehead atoms. The average Bonchev–Trinajstić information content (AvgIpc) is 3.01. The first-order valence-electron chi connectivity index (χ1n) is 5.79. The molecule has 0 radical (unpaired) electrons. The van der Waals surface area contributed by atoms with Gasteiger partial charge in [0.15, 0.2) is 0 Å². The molecule has 1 aliphatic rings. The van der Waals surface area contributed by atoms with Gasteiger partial charge in [0.25, 0.3) is 0 Å². The van der Waals surface area contributed by atoms with Crippen molar-refractivity contribution in [3.05, 3.63) is 47.2 Å². The largest absolute Gasteiger partial charge is 0.323 e. The van der Waals surface area contributed by atoms with Gasteiger partial charge in [-0.1, -0.05) is 23.7 Å². The van der Waals surface area contributed by atoms with Crippen LogP contribution in [0.4, 0.5) is 5.69 Å². The summed E-state index contributed by atoms with van der Waals surface area (Å²) in [6, 6.07) is 7.69. The molecule has 1 fully saturated rings. The van der Waals surface area contributed by atoms with Crippen LogP contribution in [0.3, 0.4) is 0 Å². The minimum absolute atomic E-state index is 0.0522. The molecule has 18 heavy (non-hydrogen) atoms. The highest BCUT2D eigenvalue weighted by atomic mass is 35.5. The zero-order valence-electron chi connectivity index (χ0n) is 9.56. The van der Waals surface area contributed by atoms with Crippen LogP contribution in [0, 0.1) is 5.92 Å². The number of hydrogen-bond donors (Lipinski definition) is 2. The molecule has 1 saturated carbocycles. The van der Waals surface area contributed by atoms with E-state index in [1.165, 1.54) is 5.56 Å². The van der Waals surface area contributed by atoms with Crippen molar-refractivity contribution in [2.45, 2.75) is 12.3 Å². The van der Waals surface area contributed by atoms with Gasteiger partial charge in [-0.3, -0.25) is 9.89 Å². The Hall–Kier alpha value is -1.81. The molecule has 2 aromatic rings. The Morgan fingerprint density at radius 3 is 2.83 bits per heavy atom. The number of benzene rings is 1. The van der Waals surface area contributed by atoms with Crippen LogP contribution in [-0.4, -0.2) is 16.1 Å². The molecule has 0 unspecified atom stereocenters. The standard InChI is InChI=1S/C13H12ClN3O/c14-9-3-1-8(2-4-9)11-5-12(11)13(18)17-10-6-15-16-7-10/h1-4,6-7,11-12H,5H2,(H,15,16)(H,17,18)/t11-,12+/m1/s1. The Labute approximate surface area is 109 Å². The maximum atomic E-state index is 11.9. The molecule has 3 rings (SSSR count). The van der Waals surface area contributed by atoms with Gasteiger partial charge in [0.05, 0.1) is 11.9 Å². The van der Waals surface area contributed by atoms with E-state index in [0.29, 0.717) is 11.6 Å². The molecule has 1 amide bonds. The van der Waals surface area contributed by atoms with Crippen LogP contribution in [0.5, 0.6) is 0 Å². The summed E-state index contributed by atoms with van der Waals surface area (Å²) in [6.45, 7) is 0. The van der Waals surface area contributed by atoms with Gasteiger partial charge in [-0.25, -0.2) is 0 Å². The highest BCUT2D eigenvalue weighted by Crippen LogP contribution is 2.48. The fraction of sp³-hybridized carbons (Fsp3) is 0.231. The Bertz CT molecular complexity index is 550. The number of carbonyl (C=O) groups excluding carboxylic acids is 1. The molecule has 5 heteroatoms. The molecule has 0 spiro atoms. The van der Waals surface area contributed by atoms with Gasteiger partial charge in [-0.05, 0) is 30.0 Å². The fourth-order valence-electron chi connectivity index (χ4n) is 2.12. The van der Waals surface area contributed by atoms with E-state index in [-0.39, 0.29) is 11.8 Å². The molecule has 0 aliphatic heterocycles. The number of carbonyl (C=O) groups is 1. The van der Waals surface area contributed by atoms with Gasteiger partial charge >= 0.3 is 0 Å². The van der Waals surface area contributed by atoms with Crippen LogP contribution in [0.15, 0.2) is 36.7 Å². The second kappa shape index (κ2) is 4.46. The van der Waals surface area contributed by atoms with Gasteiger partial charge in [-0.2, -0.15) is 5.10 Å². The number of rotatable bonds is 3. The summed E-state index contributed by atoms with van der Waals surface area (Å²) in [5, 5.41) is 10.0. The summed E-state index contributed by atoms with van der Waals surface area (Å²) >= 11 is 5.84. The number of anilines is 1. The van der Waals surface area contributed by atoms with Crippen molar-refractivity contribution in [2.75, 3.05) is 5.32 Å². The van der Waals surface area contributed by atoms with E-state index in [2.05, 4.69) is 15.5 Å². The van der Waals surface area contributed by atoms with Crippen molar-refractivity contribution < 1.29 is 4.79 Å². The molecule has 0 saturated heterocycles. The number of aromatic amines is 1. The predicted molar refractivity (Wildman–Crippen MR) is 69.5 cm³/mol. The van der Waals surface area contributed by atoms with Gasteiger partial charge in [0, 0.05) is 17.1 Å². The van der Waals surface area contributed by atoms with Crippen LogP contribution >= 0.6 is 11.6 Å². The Morgan fingerprint density at radius 1 is 1.39 bits per heavy atom. The number of aromatic nitrogens is 2. The summed E-state index contributed by atoms with van der Waals surface area (Å²) in [4.78, 5) is 11.9. The summed E-state index contributed by atoms with van der Waals surface area (Å²) in [5.74, 6) is 0.423. The van der Waals surface area contributed by atoms with E-state index in [0.717, 1.165) is 11.4 Å². The average molecular weight is 262 g/mol. The Balaban J connectivity index is 1.63. The second-order valence-corrected chi connectivity index (χ2v) is 4.91. The van der Waals surface area contributed by atoms with Crippen molar-refractivity contribution in [3.63, 3.8) is 0 Å². The quantitative estimate of drug-likeness (QED) is 0.893. The molecule has 1 heterocycles. The van der Waals surface area contributed by atoms with Gasteiger partial charge in [0.2, 0.25) is 5.91 Å². The lowest BCUT2D eigenvalue weighted by Crippen LogP contribution is -2.14. The van der Waals surface area contributed by atoms with E-state index in [4.69, 9.17) is 11.6 Å². The number of H-pyrrole nitrogens is 1. The number of nitrogens with zero attached hydrogens (tertiary/aromatic N) is 1. The monoisotopic (exact) mass is 261 g/mol. The van der Waals surface area contributed by atoms with Crippen molar-refractivity contribution >= 4 is 23.2 Å².